The standard InChI is InChI=1S/C16H22N4O2S/c1-12-4-3-7-17-15(12)22-10-13-5-8-20(9-6-13)16-18-14(11-21-2)19-23-16/h3-4,7,13H,5-6,8-11H2,1-2H3. The summed E-state index contributed by atoms with van der Waals surface area (Å²) in [6, 6.07) is 3.96. The highest BCUT2D eigenvalue weighted by atomic mass is 32.1. The number of pyridine rings is 1. The molecule has 2 aromatic rings. The van der Waals surface area contributed by atoms with Crippen LogP contribution in [0.5, 0.6) is 5.88 Å². The average molecular weight is 334 g/mol. The quantitative estimate of drug-likeness (QED) is 0.809. The first-order valence-electron chi connectivity index (χ1n) is 7.87. The van der Waals surface area contributed by atoms with Gasteiger partial charge in [0.1, 0.15) is 6.61 Å². The minimum Gasteiger partial charge on any atom is -0.477 e. The van der Waals surface area contributed by atoms with Crippen molar-refractivity contribution in [2.75, 3.05) is 31.7 Å². The van der Waals surface area contributed by atoms with Crippen LogP contribution in [0.1, 0.15) is 24.2 Å². The summed E-state index contributed by atoms with van der Waals surface area (Å²) >= 11 is 1.45. The number of hydrogen-bond acceptors (Lipinski definition) is 7. The molecule has 2 aromatic heterocycles. The minimum absolute atomic E-state index is 0.476. The van der Waals surface area contributed by atoms with Crippen molar-refractivity contribution < 1.29 is 9.47 Å². The van der Waals surface area contributed by atoms with E-state index in [9.17, 15) is 0 Å². The van der Waals surface area contributed by atoms with E-state index < -0.39 is 0 Å². The zero-order chi connectivity index (χ0) is 16.1. The number of aryl methyl sites for hydroxylation is 1. The second kappa shape index (κ2) is 7.70. The van der Waals surface area contributed by atoms with Crippen molar-refractivity contribution in [3.63, 3.8) is 0 Å². The Balaban J connectivity index is 1.47. The number of ether oxygens (including phenoxy) is 2. The fourth-order valence-corrected chi connectivity index (χ4v) is 3.40. The van der Waals surface area contributed by atoms with Gasteiger partial charge in [-0.1, -0.05) is 6.07 Å². The summed E-state index contributed by atoms with van der Waals surface area (Å²) < 4.78 is 15.3. The molecule has 0 aromatic carbocycles. The van der Waals surface area contributed by atoms with Gasteiger partial charge in [0.25, 0.3) is 0 Å². The van der Waals surface area contributed by atoms with Crippen LogP contribution < -0.4 is 9.64 Å². The zero-order valence-electron chi connectivity index (χ0n) is 13.6. The van der Waals surface area contributed by atoms with Gasteiger partial charge in [0.15, 0.2) is 5.82 Å². The lowest BCUT2D eigenvalue weighted by molar-refractivity contribution is 0.179. The minimum atomic E-state index is 0.476. The first-order valence-corrected chi connectivity index (χ1v) is 8.64. The highest BCUT2D eigenvalue weighted by Crippen LogP contribution is 2.25. The number of hydrogen-bond donors (Lipinski definition) is 0. The lowest BCUT2D eigenvalue weighted by Crippen LogP contribution is -2.35. The van der Waals surface area contributed by atoms with Crippen molar-refractivity contribution in [3.05, 3.63) is 29.7 Å². The van der Waals surface area contributed by atoms with Gasteiger partial charge in [-0.15, -0.1) is 0 Å². The van der Waals surface area contributed by atoms with E-state index >= 15 is 0 Å². The van der Waals surface area contributed by atoms with E-state index in [-0.39, 0.29) is 0 Å². The molecule has 0 atom stereocenters. The second-order valence-electron chi connectivity index (χ2n) is 5.79. The van der Waals surface area contributed by atoms with E-state index in [0.29, 0.717) is 12.5 Å². The number of aromatic nitrogens is 3. The monoisotopic (exact) mass is 334 g/mol. The number of methoxy groups -OCH3 is 1. The molecule has 3 rings (SSSR count). The summed E-state index contributed by atoms with van der Waals surface area (Å²) in [6.45, 7) is 5.23. The van der Waals surface area contributed by atoms with E-state index in [1.54, 1.807) is 13.3 Å². The third kappa shape index (κ3) is 4.17. The summed E-state index contributed by atoms with van der Waals surface area (Å²) in [5.41, 5.74) is 1.09. The van der Waals surface area contributed by atoms with E-state index in [1.807, 2.05) is 19.1 Å². The van der Waals surface area contributed by atoms with Crippen LogP contribution in [0.3, 0.4) is 0 Å². The van der Waals surface area contributed by atoms with E-state index in [2.05, 4.69) is 19.2 Å². The summed E-state index contributed by atoms with van der Waals surface area (Å²) in [6.07, 6.45) is 3.98. The summed E-state index contributed by atoms with van der Waals surface area (Å²) in [5, 5.41) is 0.997. The molecule has 0 aliphatic carbocycles. The van der Waals surface area contributed by atoms with Gasteiger partial charge in [0, 0.05) is 43.5 Å². The smallest absolute Gasteiger partial charge is 0.216 e. The fourth-order valence-electron chi connectivity index (χ4n) is 2.67. The molecule has 6 nitrogen and oxygen atoms in total. The van der Waals surface area contributed by atoms with Crippen molar-refractivity contribution in [1.82, 2.24) is 14.3 Å². The Hall–Kier alpha value is -1.73. The Morgan fingerprint density at radius 2 is 2.17 bits per heavy atom. The number of anilines is 1. The maximum Gasteiger partial charge on any atom is 0.216 e. The number of nitrogens with zero attached hydrogens (tertiary/aromatic N) is 4. The van der Waals surface area contributed by atoms with E-state index in [0.717, 1.165) is 54.9 Å². The van der Waals surface area contributed by atoms with E-state index in [4.69, 9.17) is 9.47 Å². The van der Waals surface area contributed by atoms with Crippen LogP contribution >= 0.6 is 11.5 Å². The molecule has 0 spiro atoms. The predicted molar refractivity (Wildman–Crippen MR) is 90.0 cm³/mol. The molecule has 3 heterocycles. The molecular formula is C16H22N4O2S. The van der Waals surface area contributed by atoms with Crippen molar-refractivity contribution in [1.29, 1.82) is 0 Å². The molecule has 7 heteroatoms. The van der Waals surface area contributed by atoms with Crippen LogP contribution in [-0.2, 0) is 11.3 Å². The van der Waals surface area contributed by atoms with Crippen molar-refractivity contribution >= 4 is 16.7 Å². The van der Waals surface area contributed by atoms with Gasteiger partial charge in [-0.05, 0) is 31.7 Å². The molecule has 1 fully saturated rings. The fraction of sp³-hybridized carbons (Fsp3) is 0.562. The Morgan fingerprint density at radius 1 is 1.35 bits per heavy atom. The Labute approximate surface area is 140 Å². The van der Waals surface area contributed by atoms with Crippen molar-refractivity contribution in [2.24, 2.45) is 5.92 Å². The van der Waals surface area contributed by atoms with Crippen LogP contribution in [-0.4, -0.2) is 41.1 Å². The third-order valence-corrected chi connectivity index (χ3v) is 4.85. The van der Waals surface area contributed by atoms with E-state index in [1.165, 1.54) is 11.5 Å². The highest BCUT2D eigenvalue weighted by molar-refractivity contribution is 7.09. The molecule has 23 heavy (non-hydrogen) atoms. The zero-order valence-corrected chi connectivity index (χ0v) is 14.4. The van der Waals surface area contributed by atoms with Gasteiger partial charge in [0.05, 0.1) is 6.61 Å². The summed E-state index contributed by atoms with van der Waals surface area (Å²) in [5.74, 6) is 2.09. The van der Waals surface area contributed by atoms with Crippen LogP contribution in [0.25, 0.3) is 0 Å². The largest absolute Gasteiger partial charge is 0.477 e. The van der Waals surface area contributed by atoms with Gasteiger partial charge in [-0.3, -0.25) is 0 Å². The predicted octanol–water partition coefficient (Wildman–Crippen LogP) is 2.68. The number of piperidine rings is 1. The highest BCUT2D eigenvalue weighted by Gasteiger charge is 2.22. The van der Waals surface area contributed by atoms with Gasteiger partial charge in [-0.2, -0.15) is 4.37 Å². The number of rotatable bonds is 6. The van der Waals surface area contributed by atoms with Crippen LogP contribution in [0, 0.1) is 12.8 Å². The molecule has 124 valence electrons. The topological polar surface area (TPSA) is 60.4 Å². The molecule has 1 aliphatic heterocycles. The van der Waals surface area contributed by atoms with Gasteiger partial charge < -0.3 is 14.4 Å². The van der Waals surface area contributed by atoms with Gasteiger partial charge in [-0.25, -0.2) is 9.97 Å². The maximum absolute atomic E-state index is 5.88. The Morgan fingerprint density at radius 3 is 2.91 bits per heavy atom. The Kier molecular flexibility index (Phi) is 5.40. The summed E-state index contributed by atoms with van der Waals surface area (Å²) in [7, 11) is 1.66. The molecule has 0 bridgehead atoms. The van der Waals surface area contributed by atoms with Gasteiger partial charge >= 0.3 is 0 Å². The molecular weight excluding hydrogens is 312 g/mol. The molecule has 0 N–H and O–H groups in total. The summed E-state index contributed by atoms with van der Waals surface area (Å²) in [4.78, 5) is 11.1. The first kappa shape index (κ1) is 16.1. The SMILES string of the molecule is COCc1nsc(N2CCC(COc3ncccc3C)CC2)n1. The van der Waals surface area contributed by atoms with Crippen molar-refractivity contribution in [3.8, 4) is 5.88 Å². The Bertz CT molecular complexity index is 626. The second-order valence-corrected chi connectivity index (χ2v) is 6.52. The molecule has 1 aliphatic rings. The van der Waals surface area contributed by atoms with Crippen LogP contribution in [0.4, 0.5) is 5.13 Å². The lowest BCUT2D eigenvalue weighted by atomic mass is 9.98. The average Bonchev–Trinajstić information content (AvgIpc) is 3.04. The normalized spacial score (nSPS) is 15.8. The molecule has 0 radical (unpaired) electrons. The first-order chi connectivity index (χ1) is 11.3. The maximum atomic E-state index is 5.88. The van der Waals surface area contributed by atoms with Crippen LogP contribution in [0.2, 0.25) is 0 Å². The molecule has 0 saturated carbocycles. The third-order valence-electron chi connectivity index (χ3n) is 4.03. The molecule has 0 unspecified atom stereocenters. The molecule has 0 amide bonds. The van der Waals surface area contributed by atoms with Crippen molar-refractivity contribution in [2.45, 2.75) is 26.4 Å². The van der Waals surface area contributed by atoms with Crippen LogP contribution in [0.15, 0.2) is 18.3 Å². The molecule has 1 saturated heterocycles. The van der Waals surface area contributed by atoms with Gasteiger partial charge in [0.2, 0.25) is 11.0 Å². The lowest BCUT2D eigenvalue weighted by Gasteiger charge is -2.31.